The molecule has 0 saturated carbocycles. The molecule has 0 aliphatic carbocycles. The number of anilines is 1. The van der Waals surface area contributed by atoms with Crippen molar-refractivity contribution >= 4 is 22.3 Å². The third-order valence-corrected chi connectivity index (χ3v) is 4.00. The van der Waals surface area contributed by atoms with Crippen molar-refractivity contribution in [2.24, 2.45) is 0 Å². The second-order valence-electron chi connectivity index (χ2n) is 4.06. The lowest BCUT2D eigenvalue weighted by Crippen LogP contribution is -2.21. The number of nitrogens with zero attached hydrogens (tertiary/aromatic N) is 2. The number of rotatable bonds is 5. The van der Waals surface area contributed by atoms with Crippen LogP contribution in [0.2, 0.25) is 0 Å². The molecule has 2 rings (SSSR count). The second kappa shape index (κ2) is 5.35. The molecule has 18 heavy (non-hydrogen) atoms. The summed E-state index contributed by atoms with van der Waals surface area (Å²) in [6.07, 6.45) is 1.66. The molecule has 0 spiro atoms. The average molecular weight is 264 g/mol. The molecule has 0 amide bonds. The molecule has 4 nitrogen and oxygen atoms in total. The normalized spacial score (nSPS) is 10.6. The van der Waals surface area contributed by atoms with Crippen molar-refractivity contribution in [3.63, 3.8) is 0 Å². The van der Waals surface area contributed by atoms with Crippen LogP contribution in [-0.2, 0) is 6.54 Å². The van der Waals surface area contributed by atoms with E-state index in [4.69, 9.17) is 4.42 Å². The highest BCUT2D eigenvalue weighted by Gasteiger charge is 2.16. The molecule has 0 fully saturated rings. The Morgan fingerprint density at radius 3 is 2.83 bits per heavy atom. The lowest BCUT2D eigenvalue weighted by molar-refractivity contribution is 0.102. The molecule has 0 N–H and O–H groups in total. The number of thiazole rings is 1. The maximum Gasteiger partial charge on any atom is 0.186 e. The largest absolute Gasteiger partial charge is 0.467 e. The van der Waals surface area contributed by atoms with E-state index in [9.17, 15) is 4.79 Å². The van der Waals surface area contributed by atoms with Crippen LogP contribution in [0.3, 0.4) is 0 Å². The molecule has 0 bridgehead atoms. The summed E-state index contributed by atoms with van der Waals surface area (Å²) in [4.78, 5) is 18.7. The Morgan fingerprint density at radius 2 is 2.33 bits per heavy atom. The standard InChI is InChI=1S/C13H16N2O2S/c1-4-15(8-11-6-5-7-17-11)13-14-9(2)12(18-13)10(3)16/h5-7H,4,8H2,1-3H3. The number of furan rings is 1. The van der Waals surface area contributed by atoms with Gasteiger partial charge in [0.25, 0.3) is 0 Å². The van der Waals surface area contributed by atoms with Crippen molar-refractivity contribution in [3.8, 4) is 0 Å². The van der Waals surface area contributed by atoms with Crippen LogP contribution in [0.1, 0.15) is 35.0 Å². The predicted octanol–water partition coefficient (Wildman–Crippen LogP) is 3.27. The first kappa shape index (κ1) is 12.8. The van der Waals surface area contributed by atoms with Crippen LogP contribution in [0.4, 0.5) is 5.13 Å². The first-order valence-corrected chi connectivity index (χ1v) is 6.69. The van der Waals surface area contributed by atoms with E-state index in [1.165, 1.54) is 11.3 Å². The van der Waals surface area contributed by atoms with Gasteiger partial charge in [0.05, 0.1) is 23.4 Å². The van der Waals surface area contributed by atoms with Gasteiger partial charge in [-0.1, -0.05) is 11.3 Å². The zero-order valence-corrected chi connectivity index (χ0v) is 11.6. The quantitative estimate of drug-likeness (QED) is 0.777. The Hall–Kier alpha value is -1.62. The molecule has 0 aromatic carbocycles. The molecule has 2 aromatic heterocycles. The van der Waals surface area contributed by atoms with E-state index in [-0.39, 0.29) is 5.78 Å². The van der Waals surface area contributed by atoms with Gasteiger partial charge in [-0.05, 0) is 26.0 Å². The molecule has 0 saturated heterocycles. The Labute approximate surface area is 110 Å². The Balaban J connectivity index is 2.22. The fourth-order valence-corrected chi connectivity index (χ4v) is 2.77. The second-order valence-corrected chi connectivity index (χ2v) is 5.04. The molecule has 0 radical (unpaired) electrons. The fraction of sp³-hybridized carbons (Fsp3) is 0.385. The molecular weight excluding hydrogens is 248 g/mol. The Bertz CT molecular complexity index is 531. The van der Waals surface area contributed by atoms with E-state index in [0.717, 1.165) is 28.0 Å². The Kier molecular flexibility index (Phi) is 3.81. The van der Waals surface area contributed by atoms with Gasteiger partial charge in [-0.2, -0.15) is 0 Å². The summed E-state index contributed by atoms with van der Waals surface area (Å²) in [6, 6.07) is 3.81. The van der Waals surface area contributed by atoms with Crippen LogP contribution in [0.15, 0.2) is 22.8 Å². The van der Waals surface area contributed by atoms with E-state index < -0.39 is 0 Å². The molecule has 2 aromatic rings. The minimum atomic E-state index is 0.0744. The highest BCUT2D eigenvalue weighted by Crippen LogP contribution is 2.27. The van der Waals surface area contributed by atoms with Gasteiger partial charge in [0.2, 0.25) is 0 Å². The number of hydrogen-bond acceptors (Lipinski definition) is 5. The van der Waals surface area contributed by atoms with E-state index in [1.54, 1.807) is 13.2 Å². The van der Waals surface area contributed by atoms with Gasteiger partial charge in [-0.15, -0.1) is 0 Å². The number of carbonyl (C=O) groups is 1. The molecule has 0 unspecified atom stereocenters. The molecular formula is C13H16N2O2S. The van der Waals surface area contributed by atoms with Gasteiger partial charge in [0, 0.05) is 13.5 Å². The van der Waals surface area contributed by atoms with Crippen molar-refractivity contribution in [2.45, 2.75) is 27.3 Å². The van der Waals surface area contributed by atoms with Gasteiger partial charge in [0.15, 0.2) is 10.9 Å². The lowest BCUT2D eigenvalue weighted by atomic mass is 10.3. The summed E-state index contributed by atoms with van der Waals surface area (Å²) in [6.45, 7) is 7.01. The highest BCUT2D eigenvalue weighted by atomic mass is 32.1. The van der Waals surface area contributed by atoms with Crippen LogP contribution < -0.4 is 4.90 Å². The van der Waals surface area contributed by atoms with E-state index in [1.807, 2.05) is 19.1 Å². The summed E-state index contributed by atoms with van der Waals surface area (Å²) in [5.74, 6) is 0.972. The number of aryl methyl sites for hydroxylation is 1. The summed E-state index contributed by atoms with van der Waals surface area (Å²) in [7, 11) is 0. The maximum atomic E-state index is 11.4. The van der Waals surface area contributed by atoms with Crippen LogP contribution in [-0.4, -0.2) is 17.3 Å². The predicted molar refractivity (Wildman–Crippen MR) is 72.3 cm³/mol. The summed E-state index contributed by atoms with van der Waals surface area (Å²) >= 11 is 1.45. The number of ketones is 1. The van der Waals surface area contributed by atoms with Gasteiger partial charge in [-0.25, -0.2) is 4.98 Å². The molecule has 2 heterocycles. The first-order chi connectivity index (χ1) is 8.61. The highest BCUT2D eigenvalue weighted by molar-refractivity contribution is 7.17. The van der Waals surface area contributed by atoms with Crippen LogP contribution in [0, 0.1) is 6.92 Å². The van der Waals surface area contributed by atoms with Crippen molar-refractivity contribution in [2.75, 3.05) is 11.4 Å². The van der Waals surface area contributed by atoms with Crippen molar-refractivity contribution in [1.29, 1.82) is 0 Å². The van der Waals surface area contributed by atoms with Gasteiger partial charge < -0.3 is 9.32 Å². The minimum Gasteiger partial charge on any atom is -0.467 e. The first-order valence-electron chi connectivity index (χ1n) is 5.87. The molecule has 0 aliphatic rings. The van der Waals surface area contributed by atoms with E-state index in [2.05, 4.69) is 16.8 Å². The lowest BCUT2D eigenvalue weighted by Gasteiger charge is -2.17. The topological polar surface area (TPSA) is 46.3 Å². The SMILES string of the molecule is CCN(Cc1ccco1)c1nc(C)c(C(C)=O)s1. The number of Topliss-reactive ketones (excluding diaryl/α,β-unsaturated/α-hetero) is 1. The molecule has 5 heteroatoms. The van der Waals surface area contributed by atoms with E-state index >= 15 is 0 Å². The zero-order valence-electron chi connectivity index (χ0n) is 10.8. The Morgan fingerprint density at radius 1 is 1.56 bits per heavy atom. The number of carbonyl (C=O) groups excluding carboxylic acids is 1. The maximum absolute atomic E-state index is 11.4. The summed E-state index contributed by atoms with van der Waals surface area (Å²) in [5, 5.41) is 0.872. The summed E-state index contributed by atoms with van der Waals surface area (Å²) in [5.41, 5.74) is 0.806. The van der Waals surface area contributed by atoms with Crippen molar-refractivity contribution in [3.05, 3.63) is 34.7 Å². The number of aromatic nitrogens is 1. The fourth-order valence-electron chi connectivity index (χ4n) is 1.75. The zero-order chi connectivity index (χ0) is 13.1. The summed E-state index contributed by atoms with van der Waals surface area (Å²) < 4.78 is 5.34. The number of hydrogen-bond donors (Lipinski definition) is 0. The minimum absolute atomic E-state index is 0.0744. The van der Waals surface area contributed by atoms with Crippen LogP contribution in [0.25, 0.3) is 0 Å². The molecule has 0 aliphatic heterocycles. The van der Waals surface area contributed by atoms with Crippen LogP contribution in [0.5, 0.6) is 0 Å². The third-order valence-electron chi connectivity index (χ3n) is 2.68. The van der Waals surface area contributed by atoms with Crippen LogP contribution >= 0.6 is 11.3 Å². The van der Waals surface area contributed by atoms with Gasteiger partial charge in [0.1, 0.15) is 5.76 Å². The molecule has 0 atom stereocenters. The van der Waals surface area contributed by atoms with Crippen molar-refractivity contribution in [1.82, 2.24) is 4.98 Å². The smallest absolute Gasteiger partial charge is 0.186 e. The van der Waals surface area contributed by atoms with Gasteiger partial charge >= 0.3 is 0 Å². The van der Waals surface area contributed by atoms with E-state index in [0.29, 0.717) is 6.54 Å². The third kappa shape index (κ3) is 2.61. The average Bonchev–Trinajstić information content (AvgIpc) is 2.94. The van der Waals surface area contributed by atoms with Crippen molar-refractivity contribution < 1.29 is 9.21 Å². The molecule has 96 valence electrons. The van der Waals surface area contributed by atoms with Gasteiger partial charge in [-0.3, -0.25) is 4.79 Å². The monoisotopic (exact) mass is 264 g/mol.